The Labute approximate surface area is 254 Å². The maximum Gasteiger partial charge on any atom is 0.325 e. The average molecular weight is 604 g/mol. The summed E-state index contributed by atoms with van der Waals surface area (Å²) >= 11 is 0. The van der Waals surface area contributed by atoms with E-state index in [9.17, 15) is 18.0 Å². The zero-order valence-electron chi connectivity index (χ0n) is 24.8. The second-order valence-corrected chi connectivity index (χ2v) is 13.4. The number of benzene rings is 3. The van der Waals surface area contributed by atoms with Gasteiger partial charge in [-0.25, -0.2) is 8.42 Å². The summed E-state index contributed by atoms with van der Waals surface area (Å²) in [6.07, 6.45) is 6.11. The highest BCUT2D eigenvalue weighted by Crippen LogP contribution is 2.31. The molecule has 1 aliphatic heterocycles. The molecule has 9 heteroatoms. The van der Waals surface area contributed by atoms with E-state index >= 15 is 0 Å². The van der Waals surface area contributed by atoms with Crippen molar-refractivity contribution in [3.63, 3.8) is 0 Å². The summed E-state index contributed by atoms with van der Waals surface area (Å²) in [6, 6.07) is 20.4. The first-order valence-electron chi connectivity index (χ1n) is 15.2. The van der Waals surface area contributed by atoms with Crippen LogP contribution in [0.2, 0.25) is 0 Å². The first kappa shape index (κ1) is 30.9. The van der Waals surface area contributed by atoms with Gasteiger partial charge in [-0.2, -0.15) is 4.72 Å². The maximum atomic E-state index is 13.3. The second kappa shape index (κ2) is 14.3. The Morgan fingerprint density at radius 1 is 0.930 bits per heavy atom. The normalized spacial score (nSPS) is 17.9. The molecule has 0 radical (unpaired) electrons. The number of nitrogens with one attached hydrogen (secondary N) is 2. The van der Waals surface area contributed by atoms with Crippen LogP contribution < -0.4 is 10.0 Å². The van der Waals surface area contributed by atoms with Crippen LogP contribution in [0.1, 0.15) is 72.4 Å². The zero-order chi connectivity index (χ0) is 30.2. The van der Waals surface area contributed by atoms with E-state index in [2.05, 4.69) is 33.1 Å². The van der Waals surface area contributed by atoms with Crippen LogP contribution in [0.15, 0.2) is 77.7 Å². The molecule has 3 aromatic rings. The molecule has 1 aliphatic carbocycles. The smallest absolute Gasteiger partial charge is 0.325 e. The van der Waals surface area contributed by atoms with E-state index in [0.29, 0.717) is 0 Å². The van der Waals surface area contributed by atoms with Crippen molar-refractivity contribution in [2.75, 3.05) is 13.1 Å². The van der Waals surface area contributed by atoms with Gasteiger partial charge in [-0.05, 0) is 86.5 Å². The lowest BCUT2D eigenvalue weighted by Gasteiger charge is -2.29. The van der Waals surface area contributed by atoms with Gasteiger partial charge in [-0.1, -0.05) is 72.6 Å². The Morgan fingerprint density at radius 3 is 2.42 bits per heavy atom. The van der Waals surface area contributed by atoms with E-state index < -0.39 is 27.9 Å². The van der Waals surface area contributed by atoms with Gasteiger partial charge in [0, 0.05) is 6.54 Å². The van der Waals surface area contributed by atoms with Crippen molar-refractivity contribution in [1.82, 2.24) is 14.9 Å². The molecule has 3 aromatic carbocycles. The molecule has 1 amide bonds. The minimum Gasteiger partial charge on any atom is -0.460 e. The van der Waals surface area contributed by atoms with Crippen LogP contribution in [-0.4, -0.2) is 44.3 Å². The van der Waals surface area contributed by atoms with E-state index in [1.54, 1.807) is 12.1 Å². The van der Waals surface area contributed by atoms with Crippen molar-refractivity contribution in [3.05, 3.63) is 101 Å². The molecule has 1 fully saturated rings. The molecule has 228 valence electrons. The summed E-state index contributed by atoms with van der Waals surface area (Å²) < 4.78 is 34.3. The van der Waals surface area contributed by atoms with Gasteiger partial charge in [-0.15, -0.1) is 0 Å². The molecule has 2 atom stereocenters. The first-order valence-corrected chi connectivity index (χ1v) is 16.7. The van der Waals surface area contributed by atoms with Crippen LogP contribution >= 0.6 is 0 Å². The van der Waals surface area contributed by atoms with Crippen LogP contribution in [0.3, 0.4) is 0 Å². The number of esters is 1. The number of nitrogens with zero attached hydrogens (tertiary/aromatic N) is 1. The molecule has 0 saturated carbocycles. The number of amides is 1. The van der Waals surface area contributed by atoms with Crippen LogP contribution in [0.25, 0.3) is 0 Å². The minimum atomic E-state index is -4.08. The molecule has 8 nitrogen and oxygen atoms in total. The van der Waals surface area contributed by atoms with E-state index in [1.165, 1.54) is 42.5 Å². The van der Waals surface area contributed by atoms with Gasteiger partial charge >= 0.3 is 5.97 Å². The van der Waals surface area contributed by atoms with Crippen molar-refractivity contribution < 1.29 is 22.7 Å². The number of ether oxygens (including phenoxy) is 1. The van der Waals surface area contributed by atoms with Crippen LogP contribution in [0, 0.1) is 6.92 Å². The molecule has 1 saturated heterocycles. The summed E-state index contributed by atoms with van der Waals surface area (Å²) in [7, 11) is -4.08. The largest absolute Gasteiger partial charge is 0.460 e. The van der Waals surface area contributed by atoms with E-state index in [-0.39, 0.29) is 24.0 Å². The fraction of sp³-hybridized carbons (Fsp3) is 0.412. The second-order valence-electron chi connectivity index (χ2n) is 11.7. The van der Waals surface area contributed by atoms with Crippen LogP contribution in [0.4, 0.5) is 0 Å². The number of likely N-dealkylation sites (tertiary alicyclic amines) is 1. The lowest BCUT2D eigenvalue weighted by Crippen LogP contribution is -2.45. The summed E-state index contributed by atoms with van der Waals surface area (Å²) in [6.45, 7) is 5.05. The Bertz CT molecular complexity index is 1500. The first-order chi connectivity index (χ1) is 20.8. The van der Waals surface area contributed by atoms with E-state index in [4.69, 9.17) is 4.74 Å². The van der Waals surface area contributed by atoms with Crippen molar-refractivity contribution in [3.8, 4) is 0 Å². The monoisotopic (exact) mass is 603 g/mol. The summed E-state index contributed by atoms with van der Waals surface area (Å²) in [4.78, 5) is 29.0. The number of hydrogen-bond acceptors (Lipinski definition) is 6. The van der Waals surface area contributed by atoms with Crippen molar-refractivity contribution in [2.24, 2.45) is 0 Å². The fourth-order valence-corrected chi connectivity index (χ4v) is 7.09. The van der Waals surface area contributed by atoms with Gasteiger partial charge in [-0.3, -0.25) is 14.5 Å². The SMILES string of the molecule is Cc1ccc(S(=O)(=O)N[C@H](CC(=O)N[C@@H]2CCCc3cc(CN4CCCCC4)ccc32)C(=O)OCc2ccccc2)cc1. The van der Waals surface area contributed by atoms with Gasteiger partial charge in [0.1, 0.15) is 12.6 Å². The van der Waals surface area contributed by atoms with Gasteiger partial charge in [0.25, 0.3) is 0 Å². The third kappa shape index (κ3) is 8.53. The molecule has 0 bridgehead atoms. The number of sulfonamides is 1. The lowest BCUT2D eigenvalue weighted by atomic mass is 9.86. The van der Waals surface area contributed by atoms with Gasteiger partial charge < -0.3 is 10.1 Å². The Hall–Kier alpha value is -3.53. The van der Waals surface area contributed by atoms with E-state index in [0.717, 1.165) is 55.6 Å². The Morgan fingerprint density at radius 2 is 1.67 bits per heavy atom. The number of fused-ring (bicyclic) bond motifs is 1. The highest BCUT2D eigenvalue weighted by molar-refractivity contribution is 7.89. The number of carbonyl (C=O) groups excluding carboxylic acids is 2. The van der Waals surface area contributed by atoms with Gasteiger partial charge in [0.15, 0.2) is 0 Å². The average Bonchev–Trinajstić information content (AvgIpc) is 3.01. The lowest BCUT2D eigenvalue weighted by molar-refractivity contribution is -0.148. The Kier molecular flexibility index (Phi) is 10.3. The number of hydrogen-bond donors (Lipinski definition) is 2. The zero-order valence-corrected chi connectivity index (χ0v) is 25.6. The topological polar surface area (TPSA) is 105 Å². The molecule has 0 spiro atoms. The number of carbonyl (C=O) groups is 2. The highest BCUT2D eigenvalue weighted by Gasteiger charge is 2.31. The summed E-state index contributed by atoms with van der Waals surface area (Å²) in [5.41, 5.74) is 5.29. The molecule has 2 aliphatic rings. The quantitative estimate of drug-likeness (QED) is 0.301. The third-order valence-electron chi connectivity index (χ3n) is 8.24. The minimum absolute atomic E-state index is 0.0148. The number of aryl methyl sites for hydroxylation is 2. The predicted molar refractivity (Wildman–Crippen MR) is 166 cm³/mol. The third-order valence-corrected chi connectivity index (χ3v) is 9.73. The fourth-order valence-electron chi connectivity index (χ4n) is 5.91. The summed E-state index contributed by atoms with van der Waals surface area (Å²) in [5, 5.41) is 3.08. The molecule has 2 N–H and O–H groups in total. The Balaban J connectivity index is 1.27. The summed E-state index contributed by atoms with van der Waals surface area (Å²) in [5.74, 6) is -1.22. The molecular weight excluding hydrogens is 562 g/mol. The maximum absolute atomic E-state index is 13.3. The molecule has 5 rings (SSSR count). The number of rotatable bonds is 11. The van der Waals surface area contributed by atoms with Crippen molar-refractivity contribution >= 4 is 21.9 Å². The van der Waals surface area contributed by atoms with Crippen LogP contribution in [-0.2, 0) is 43.9 Å². The van der Waals surface area contributed by atoms with Crippen LogP contribution in [0.5, 0.6) is 0 Å². The molecule has 0 aromatic heterocycles. The van der Waals surface area contributed by atoms with E-state index in [1.807, 2.05) is 37.3 Å². The molecule has 43 heavy (non-hydrogen) atoms. The molecular formula is C34H41N3O5S. The van der Waals surface area contributed by atoms with Gasteiger partial charge in [0.2, 0.25) is 15.9 Å². The predicted octanol–water partition coefficient (Wildman–Crippen LogP) is 4.96. The molecule has 1 heterocycles. The van der Waals surface area contributed by atoms with Gasteiger partial charge in [0.05, 0.1) is 17.4 Å². The van der Waals surface area contributed by atoms with Crippen molar-refractivity contribution in [2.45, 2.75) is 82.0 Å². The highest BCUT2D eigenvalue weighted by atomic mass is 32.2. The molecule has 0 unspecified atom stereocenters. The van der Waals surface area contributed by atoms with Crippen molar-refractivity contribution in [1.29, 1.82) is 0 Å². The number of piperidine rings is 1. The standard InChI is InChI=1S/C34H41N3O5S/c1-25-13-16-29(17-14-25)43(40,41)36-32(34(39)42-24-26-9-4-2-5-10-26)22-33(38)35-31-12-8-11-28-21-27(15-18-30(28)31)23-37-19-6-3-7-20-37/h2,4-5,9-10,13-18,21,31-32,36H,3,6-8,11-12,19-20,22-24H2,1H3,(H,35,38)/t31-,32-/m1/s1.